The van der Waals surface area contributed by atoms with Crippen molar-refractivity contribution in [3.8, 4) is 0 Å². The number of nitrogens with zero attached hydrogens (tertiary/aromatic N) is 1. The van der Waals surface area contributed by atoms with Gasteiger partial charge >= 0.3 is 0 Å². The summed E-state index contributed by atoms with van der Waals surface area (Å²) < 4.78 is 44.3. The van der Waals surface area contributed by atoms with Gasteiger partial charge in [0.05, 0.1) is 18.9 Å². The third-order valence-electron chi connectivity index (χ3n) is 3.01. The second-order valence-corrected chi connectivity index (χ2v) is 6.12. The maximum Gasteiger partial charge on any atom is 0.246 e. The van der Waals surface area contributed by atoms with Gasteiger partial charge in [0.1, 0.15) is 16.8 Å². The van der Waals surface area contributed by atoms with Crippen LogP contribution in [0.2, 0.25) is 0 Å². The highest BCUT2D eigenvalue weighted by atomic mass is 32.2. The molecule has 1 unspecified atom stereocenters. The largest absolute Gasteiger partial charge is 0.395 e. The van der Waals surface area contributed by atoms with Gasteiger partial charge in [-0.2, -0.15) is 4.31 Å². The number of hydrogen-bond donors (Lipinski definition) is 2. The minimum atomic E-state index is -4.12. The van der Waals surface area contributed by atoms with E-state index in [0.717, 1.165) is 10.4 Å². The Labute approximate surface area is 115 Å². The summed E-state index contributed by atoms with van der Waals surface area (Å²) in [6.07, 6.45) is 0. The van der Waals surface area contributed by atoms with Gasteiger partial charge in [-0.3, -0.25) is 4.79 Å². The molecule has 0 aromatic heterocycles. The van der Waals surface area contributed by atoms with E-state index >= 15 is 0 Å². The molecule has 0 spiro atoms. The number of hydrogen-bond acceptors (Lipinski definition) is 5. The maximum atomic E-state index is 13.4. The molecule has 1 aromatic carbocycles. The number of carbonyl (C=O) groups excluding carboxylic acids is 1. The third-order valence-corrected chi connectivity index (χ3v) is 4.97. The molecule has 110 valence electrons. The van der Waals surface area contributed by atoms with Crippen molar-refractivity contribution in [1.82, 2.24) is 4.31 Å². The highest BCUT2D eigenvalue weighted by Gasteiger charge is 2.38. The number of carbonyl (C=O) groups is 1. The number of morpholine rings is 1. The Kier molecular flexibility index (Phi) is 3.93. The first-order valence-electron chi connectivity index (χ1n) is 5.78. The molecule has 1 atom stereocenters. The van der Waals surface area contributed by atoms with Gasteiger partial charge in [0.25, 0.3) is 0 Å². The van der Waals surface area contributed by atoms with Crippen LogP contribution in [0.4, 0.5) is 10.1 Å². The zero-order chi connectivity index (χ0) is 14.9. The van der Waals surface area contributed by atoms with E-state index in [9.17, 15) is 17.6 Å². The van der Waals surface area contributed by atoms with Gasteiger partial charge in [0.15, 0.2) is 0 Å². The first-order valence-corrected chi connectivity index (χ1v) is 7.22. The molecule has 1 fully saturated rings. The van der Waals surface area contributed by atoms with Gasteiger partial charge in [-0.05, 0) is 12.1 Å². The second-order valence-electron chi connectivity index (χ2n) is 4.26. The zero-order valence-electron chi connectivity index (χ0n) is 10.5. The SMILES string of the molecule is NC(=O)C1COCCN1S(=O)(=O)c1cccc(F)c1N. The molecular formula is C11H14FN3O4S. The van der Waals surface area contributed by atoms with E-state index in [1.807, 2.05) is 0 Å². The van der Waals surface area contributed by atoms with Crippen LogP contribution in [-0.2, 0) is 19.6 Å². The molecule has 1 saturated heterocycles. The average Bonchev–Trinajstić information content (AvgIpc) is 2.41. The monoisotopic (exact) mass is 303 g/mol. The van der Waals surface area contributed by atoms with E-state index in [2.05, 4.69) is 0 Å². The summed E-state index contributed by atoms with van der Waals surface area (Å²) in [6.45, 7) is -0.0616. The molecular weight excluding hydrogens is 289 g/mol. The van der Waals surface area contributed by atoms with Crippen LogP contribution in [0.15, 0.2) is 23.1 Å². The summed E-state index contributed by atoms with van der Waals surface area (Å²) in [5.74, 6) is -1.67. The molecule has 7 nitrogen and oxygen atoms in total. The van der Waals surface area contributed by atoms with Crippen molar-refractivity contribution < 1.29 is 22.3 Å². The van der Waals surface area contributed by atoms with Crippen LogP contribution in [0.3, 0.4) is 0 Å². The van der Waals surface area contributed by atoms with Crippen LogP contribution in [0.5, 0.6) is 0 Å². The Morgan fingerprint density at radius 2 is 2.15 bits per heavy atom. The molecule has 4 N–H and O–H groups in total. The normalized spacial score (nSPS) is 20.8. The number of primary amides is 1. The molecule has 1 aliphatic rings. The Hall–Kier alpha value is -1.71. The Morgan fingerprint density at radius 3 is 2.80 bits per heavy atom. The number of amides is 1. The first kappa shape index (κ1) is 14.7. The van der Waals surface area contributed by atoms with Gasteiger partial charge < -0.3 is 16.2 Å². The van der Waals surface area contributed by atoms with Gasteiger partial charge in [-0.15, -0.1) is 0 Å². The molecule has 2 rings (SSSR count). The van der Waals surface area contributed by atoms with E-state index in [-0.39, 0.29) is 24.7 Å². The lowest BCUT2D eigenvalue weighted by molar-refractivity contribution is -0.125. The lowest BCUT2D eigenvalue weighted by Crippen LogP contribution is -2.54. The quantitative estimate of drug-likeness (QED) is 0.715. The van der Waals surface area contributed by atoms with E-state index in [1.54, 1.807) is 0 Å². The van der Waals surface area contributed by atoms with Crippen LogP contribution in [-0.4, -0.2) is 44.4 Å². The first-order chi connectivity index (χ1) is 9.35. The average molecular weight is 303 g/mol. The molecule has 1 heterocycles. The van der Waals surface area contributed by atoms with Gasteiger partial charge in [-0.1, -0.05) is 6.07 Å². The number of nitrogen functional groups attached to an aromatic ring is 1. The van der Waals surface area contributed by atoms with Crippen LogP contribution in [0.25, 0.3) is 0 Å². The van der Waals surface area contributed by atoms with Crippen molar-refractivity contribution >= 4 is 21.6 Å². The molecule has 1 aromatic rings. The summed E-state index contributed by atoms with van der Waals surface area (Å²) in [6, 6.07) is 2.34. The number of sulfonamides is 1. The van der Waals surface area contributed by atoms with Crippen molar-refractivity contribution in [2.75, 3.05) is 25.5 Å². The molecule has 0 bridgehead atoms. The van der Waals surface area contributed by atoms with Crippen molar-refractivity contribution in [3.63, 3.8) is 0 Å². The number of rotatable bonds is 3. The minimum absolute atomic E-state index is 0.0497. The van der Waals surface area contributed by atoms with Crippen molar-refractivity contribution in [2.24, 2.45) is 5.73 Å². The Balaban J connectivity index is 2.48. The van der Waals surface area contributed by atoms with Crippen molar-refractivity contribution in [3.05, 3.63) is 24.0 Å². The number of nitrogens with two attached hydrogens (primary N) is 2. The number of para-hydroxylation sites is 1. The third kappa shape index (κ3) is 2.47. The lowest BCUT2D eigenvalue weighted by atomic mass is 10.3. The van der Waals surface area contributed by atoms with E-state index in [0.29, 0.717) is 0 Å². The predicted molar refractivity (Wildman–Crippen MR) is 68.5 cm³/mol. The summed E-state index contributed by atoms with van der Waals surface area (Å²) in [7, 11) is -4.12. The van der Waals surface area contributed by atoms with Crippen LogP contribution in [0.1, 0.15) is 0 Å². The molecule has 0 aliphatic carbocycles. The maximum absolute atomic E-state index is 13.4. The number of anilines is 1. The molecule has 1 aliphatic heterocycles. The topological polar surface area (TPSA) is 116 Å². The number of benzene rings is 1. The van der Waals surface area contributed by atoms with Gasteiger partial charge in [0.2, 0.25) is 15.9 Å². The van der Waals surface area contributed by atoms with Crippen LogP contribution in [0, 0.1) is 5.82 Å². The summed E-state index contributed by atoms with van der Waals surface area (Å²) in [4.78, 5) is 10.9. The van der Waals surface area contributed by atoms with Gasteiger partial charge in [-0.25, -0.2) is 12.8 Å². The highest BCUT2D eigenvalue weighted by Crippen LogP contribution is 2.26. The molecule has 0 saturated carbocycles. The van der Waals surface area contributed by atoms with E-state index in [4.69, 9.17) is 16.2 Å². The fourth-order valence-corrected chi connectivity index (χ4v) is 3.66. The van der Waals surface area contributed by atoms with Crippen molar-refractivity contribution in [1.29, 1.82) is 0 Å². The smallest absolute Gasteiger partial charge is 0.246 e. The Bertz CT molecular complexity index is 635. The summed E-state index contributed by atoms with van der Waals surface area (Å²) in [5.41, 5.74) is 10.2. The van der Waals surface area contributed by atoms with E-state index in [1.165, 1.54) is 12.1 Å². The van der Waals surface area contributed by atoms with E-state index < -0.39 is 33.5 Å². The van der Waals surface area contributed by atoms with Crippen molar-refractivity contribution in [2.45, 2.75) is 10.9 Å². The predicted octanol–water partition coefficient (Wildman–Crippen LogP) is -0.717. The standard InChI is InChI=1S/C11H14FN3O4S/c12-7-2-1-3-9(10(7)13)20(17,18)15-4-5-19-6-8(15)11(14)16/h1-3,8H,4-6,13H2,(H2,14,16). The number of ether oxygens (including phenoxy) is 1. The molecule has 1 amide bonds. The fourth-order valence-electron chi connectivity index (χ4n) is 1.97. The molecule has 20 heavy (non-hydrogen) atoms. The van der Waals surface area contributed by atoms with Crippen LogP contribution < -0.4 is 11.5 Å². The van der Waals surface area contributed by atoms with Crippen LogP contribution >= 0.6 is 0 Å². The number of halogens is 1. The Morgan fingerprint density at radius 1 is 1.45 bits per heavy atom. The second kappa shape index (κ2) is 5.35. The minimum Gasteiger partial charge on any atom is -0.395 e. The lowest BCUT2D eigenvalue weighted by Gasteiger charge is -2.32. The summed E-state index contributed by atoms with van der Waals surface area (Å²) in [5, 5.41) is 0. The highest BCUT2D eigenvalue weighted by molar-refractivity contribution is 7.89. The molecule has 9 heteroatoms. The summed E-state index contributed by atoms with van der Waals surface area (Å²) >= 11 is 0. The zero-order valence-corrected chi connectivity index (χ0v) is 11.3. The fraction of sp³-hybridized carbons (Fsp3) is 0.364. The van der Waals surface area contributed by atoms with Gasteiger partial charge in [0, 0.05) is 6.54 Å². The molecule has 0 radical (unpaired) electrons.